The van der Waals surface area contributed by atoms with E-state index in [0.717, 1.165) is 24.9 Å². The first-order chi connectivity index (χ1) is 8.20. The van der Waals surface area contributed by atoms with Crippen LogP contribution in [0.2, 0.25) is 0 Å². The fraction of sp³-hybridized carbons (Fsp3) is 0.571. The second-order valence-corrected chi connectivity index (χ2v) is 4.78. The van der Waals surface area contributed by atoms with Crippen LogP contribution in [0, 0.1) is 12.7 Å². The van der Waals surface area contributed by atoms with Gasteiger partial charge in [-0.3, -0.25) is 0 Å². The molecule has 1 aliphatic carbocycles. The highest BCUT2D eigenvalue weighted by Crippen LogP contribution is 2.26. The molecular formula is C14H20FNO. The second kappa shape index (κ2) is 5.50. The minimum Gasteiger partial charge on any atom is -0.382 e. The Kier molecular flexibility index (Phi) is 4.00. The first-order valence-electron chi connectivity index (χ1n) is 6.25. The summed E-state index contributed by atoms with van der Waals surface area (Å²) in [5.41, 5.74) is 1.61. The fourth-order valence-corrected chi connectivity index (χ4v) is 2.47. The van der Waals surface area contributed by atoms with Gasteiger partial charge in [-0.2, -0.15) is 0 Å². The molecule has 94 valence electrons. The number of methoxy groups -OCH3 is 1. The third kappa shape index (κ3) is 2.97. The zero-order valence-electron chi connectivity index (χ0n) is 10.5. The summed E-state index contributed by atoms with van der Waals surface area (Å²) in [5, 5.41) is 3.43. The molecular weight excluding hydrogens is 217 g/mol. The lowest BCUT2D eigenvalue weighted by atomic mass is 9.92. The van der Waals surface area contributed by atoms with Gasteiger partial charge < -0.3 is 10.1 Å². The van der Waals surface area contributed by atoms with Crippen LogP contribution in [0.15, 0.2) is 18.2 Å². The molecule has 2 unspecified atom stereocenters. The predicted molar refractivity (Wildman–Crippen MR) is 67.8 cm³/mol. The Hall–Kier alpha value is -1.09. The molecule has 1 fully saturated rings. The molecule has 0 saturated heterocycles. The van der Waals surface area contributed by atoms with Crippen LogP contribution >= 0.6 is 0 Å². The molecule has 1 N–H and O–H groups in total. The van der Waals surface area contributed by atoms with Gasteiger partial charge in [-0.25, -0.2) is 4.39 Å². The monoisotopic (exact) mass is 237 g/mol. The summed E-state index contributed by atoms with van der Waals surface area (Å²) in [6.45, 7) is 1.81. The summed E-state index contributed by atoms with van der Waals surface area (Å²) >= 11 is 0. The molecule has 3 heteroatoms. The Morgan fingerprint density at radius 1 is 1.35 bits per heavy atom. The number of hydrogen-bond donors (Lipinski definition) is 1. The Labute approximate surface area is 102 Å². The predicted octanol–water partition coefficient (Wildman–Crippen LogP) is 3.50. The van der Waals surface area contributed by atoms with Crippen molar-refractivity contribution in [2.24, 2.45) is 0 Å². The average molecular weight is 237 g/mol. The van der Waals surface area contributed by atoms with Gasteiger partial charge >= 0.3 is 0 Å². The van der Waals surface area contributed by atoms with Crippen molar-refractivity contribution >= 4 is 5.69 Å². The fourth-order valence-electron chi connectivity index (χ4n) is 2.47. The highest BCUT2D eigenvalue weighted by Gasteiger charge is 2.21. The minimum absolute atomic E-state index is 0.144. The Morgan fingerprint density at radius 3 is 2.94 bits per heavy atom. The standard InChI is InChI=1S/C14H20FNO/c1-10-13(15)7-4-8-14(10)16-11-5-3-6-12(9-11)17-2/h4,7-8,11-12,16H,3,5-6,9H2,1-2H3. The van der Waals surface area contributed by atoms with E-state index >= 15 is 0 Å². The quantitative estimate of drug-likeness (QED) is 0.868. The van der Waals surface area contributed by atoms with Crippen LogP contribution in [0.4, 0.5) is 10.1 Å². The zero-order valence-corrected chi connectivity index (χ0v) is 10.5. The van der Waals surface area contributed by atoms with Gasteiger partial charge in [0, 0.05) is 24.4 Å². The van der Waals surface area contributed by atoms with Crippen LogP contribution < -0.4 is 5.32 Å². The minimum atomic E-state index is -0.144. The molecule has 2 atom stereocenters. The normalized spacial score (nSPS) is 24.6. The molecule has 2 nitrogen and oxygen atoms in total. The SMILES string of the molecule is COC1CCCC(Nc2cccc(F)c2C)C1. The van der Waals surface area contributed by atoms with Crippen LogP contribution in [-0.2, 0) is 4.74 Å². The maximum atomic E-state index is 13.4. The number of rotatable bonds is 3. The van der Waals surface area contributed by atoms with E-state index < -0.39 is 0 Å². The first kappa shape index (κ1) is 12.4. The summed E-state index contributed by atoms with van der Waals surface area (Å²) in [4.78, 5) is 0. The zero-order chi connectivity index (χ0) is 12.3. The molecule has 0 aromatic heterocycles. The van der Waals surface area contributed by atoms with Crippen molar-refractivity contribution in [2.75, 3.05) is 12.4 Å². The van der Waals surface area contributed by atoms with E-state index in [2.05, 4.69) is 5.32 Å². The van der Waals surface area contributed by atoms with Crippen molar-refractivity contribution in [1.29, 1.82) is 0 Å². The van der Waals surface area contributed by atoms with Gasteiger partial charge in [-0.1, -0.05) is 6.07 Å². The van der Waals surface area contributed by atoms with Gasteiger partial charge in [0.15, 0.2) is 0 Å². The summed E-state index contributed by atoms with van der Waals surface area (Å²) in [6.07, 6.45) is 4.79. The van der Waals surface area contributed by atoms with Crippen LogP contribution in [0.5, 0.6) is 0 Å². The molecule has 0 bridgehead atoms. The molecule has 17 heavy (non-hydrogen) atoms. The number of benzene rings is 1. The molecule has 2 rings (SSSR count). The number of ether oxygens (including phenoxy) is 1. The molecule has 1 aromatic carbocycles. The molecule has 0 spiro atoms. The van der Waals surface area contributed by atoms with Gasteiger partial charge in [0.2, 0.25) is 0 Å². The largest absolute Gasteiger partial charge is 0.382 e. The molecule has 0 heterocycles. The van der Waals surface area contributed by atoms with E-state index in [0.29, 0.717) is 17.7 Å². The number of halogens is 1. The summed E-state index contributed by atoms with van der Waals surface area (Å²) in [6, 6.07) is 5.59. The van der Waals surface area contributed by atoms with E-state index in [1.165, 1.54) is 12.5 Å². The lowest BCUT2D eigenvalue weighted by Gasteiger charge is -2.30. The van der Waals surface area contributed by atoms with Gasteiger partial charge in [0.25, 0.3) is 0 Å². The van der Waals surface area contributed by atoms with E-state index in [1.54, 1.807) is 13.2 Å². The van der Waals surface area contributed by atoms with Gasteiger partial charge in [0.1, 0.15) is 5.82 Å². The van der Waals surface area contributed by atoms with Gasteiger partial charge in [-0.15, -0.1) is 0 Å². The van der Waals surface area contributed by atoms with Gasteiger partial charge in [-0.05, 0) is 44.7 Å². The number of nitrogens with one attached hydrogen (secondary N) is 1. The molecule has 1 saturated carbocycles. The average Bonchev–Trinajstić information content (AvgIpc) is 2.35. The first-order valence-corrected chi connectivity index (χ1v) is 6.25. The molecule has 1 aliphatic rings. The topological polar surface area (TPSA) is 21.3 Å². The molecule has 0 amide bonds. The number of hydrogen-bond acceptors (Lipinski definition) is 2. The van der Waals surface area contributed by atoms with Crippen molar-refractivity contribution in [3.8, 4) is 0 Å². The summed E-state index contributed by atoms with van der Waals surface area (Å²) in [5.74, 6) is -0.144. The van der Waals surface area contributed by atoms with Crippen molar-refractivity contribution in [3.05, 3.63) is 29.6 Å². The van der Waals surface area contributed by atoms with Crippen LogP contribution in [0.1, 0.15) is 31.2 Å². The lowest BCUT2D eigenvalue weighted by Crippen LogP contribution is -2.31. The Balaban J connectivity index is 2.02. The summed E-state index contributed by atoms with van der Waals surface area (Å²) in [7, 11) is 1.76. The highest BCUT2D eigenvalue weighted by molar-refractivity contribution is 5.51. The van der Waals surface area contributed by atoms with Gasteiger partial charge in [0.05, 0.1) is 6.10 Å². The van der Waals surface area contributed by atoms with Crippen molar-refractivity contribution in [1.82, 2.24) is 0 Å². The third-order valence-electron chi connectivity index (χ3n) is 3.59. The second-order valence-electron chi connectivity index (χ2n) is 4.78. The van der Waals surface area contributed by atoms with Crippen molar-refractivity contribution < 1.29 is 9.13 Å². The smallest absolute Gasteiger partial charge is 0.128 e. The summed E-state index contributed by atoms with van der Waals surface area (Å²) < 4.78 is 18.8. The molecule has 0 radical (unpaired) electrons. The van der Waals surface area contributed by atoms with Crippen LogP contribution in [0.25, 0.3) is 0 Å². The van der Waals surface area contributed by atoms with E-state index in [-0.39, 0.29) is 5.82 Å². The molecule has 1 aromatic rings. The third-order valence-corrected chi connectivity index (χ3v) is 3.59. The molecule has 0 aliphatic heterocycles. The number of anilines is 1. The Morgan fingerprint density at radius 2 is 2.18 bits per heavy atom. The van der Waals surface area contributed by atoms with Crippen molar-refractivity contribution in [3.63, 3.8) is 0 Å². The maximum absolute atomic E-state index is 13.4. The van der Waals surface area contributed by atoms with Crippen LogP contribution in [-0.4, -0.2) is 19.3 Å². The maximum Gasteiger partial charge on any atom is 0.128 e. The highest BCUT2D eigenvalue weighted by atomic mass is 19.1. The van der Waals surface area contributed by atoms with E-state index in [4.69, 9.17) is 4.74 Å². The van der Waals surface area contributed by atoms with E-state index in [9.17, 15) is 4.39 Å². The van der Waals surface area contributed by atoms with Crippen LogP contribution in [0.3, 0.4) is 0 Å². The Bertz CT molecular complexity index is 380. The lowest BCUT2D eigenvalue weighted by molar-refractivity contribution is 0.0669. The van der Waals surface area contributed by atoms with E-state index in [1.807, 2.05) is 13.0 Å². The van der Waals surface area contributed by atoms with Crippen molar-refractivity contribution in [2.45, 2.75) is 44.8 Å².